The number of methoxy groups -OCH3 is 1. The van der Waals surface area contributed by atoms with Crippen molar-refractivity contribution in [3.63, 3.8) is 0 Å². The van der Waals surface area contributed by atoms with Crippen molar-refractivity contribution in [3.8, 4) is 11.5 Å². The fourth-order valence-corrected chi connectivity index (χ4v) is 3.33. The van der Waals surface area contributed by atoms with Gasteiger partial charge in [0.25, 0.3) is 5.69 Å². The molecule has 0 aliphatic carbocycles. The molecule has 0 unspecified atom stereocenters. The Morgan fingerprint density at radius 3 is 2.84 bits per heavy atom. The van der Waals surface area contributed by atoms with Gasteiger partial charge in [-0.05, 0) is 31.2 Å². The smallest absolute Gasteiger partial charge is 0.270 e. The largest absolute Gasteiger partial charge is 0.492 e. The minimum absolute atomic E-state index is 0.0674. The second-order valence-corrected chi connectivity index (χ2v) is 6.17. The molecule has 0 aliphatic rings. The van der Waals surface area contributed by atoms with Crippen LogP contribution in [0.3, 0.4) is 0 Å². The molecule has 0 bridgehead atoms. The predicted molar refractivity (Wildman–Crippen MR) is 99.4 cm³/mol. The molecular weight excluding hydrogens is 340 g/mol. The van der Waals surface area contributed by atoms with Crippen LogP contribution in [-0.4, -0.2) is 23.6 Å². The molecule has 0 saturated heterocycles. The molecule has 0 amide bonds. The molecule has 0 N–H and O–H groups in total. The third-order valence-electron chi connectivity index (χ3n) is 3.52. The molecule has 0 fully saturated rings. The number of hydrogen-bond acceptors (Lipinski definition) is 6. The number of nitro groups is 1. The highest BCUT2D eigenvalue weighted by Crippen LogP contribution is 2.33. The van der Waals surface area contributed by atoms with Crippen LogP contribution >= 0.6 is 11.3 Å². The topological polar surface area (TPSA) is 74.5 Å². The third-order valence-corrected chi connectivity index (χ3v) is 4.50. The van der Waals surface area contributed by atoms with Gasteiger partial charge in [0.15, 0.2) is 11.5 Å². The van der Waals surface area contributed by atoms with Crippen LogP contribution in [0.15, 0.2) is 36.4 Å². The van der Waals surface area contributed by atoms with Crippen LogP contribution in [0, 0.1) is 10.1 Å². The molecule has 0 aliphatic heterocycles. The zero-order valence-corrected chi connectivity index (χ0v) is 14.6. The summed E-state index contributed by atoms with van der Waals surface area (Å²) in [6.45, 7) is 2.47. The molecule has 0 radical (unpaired) electrons. The molecule has 2 aromatic carbocycles. The van der Waals surface area contributed by atoms with E-state index in [1.54, 1.807) is 19.2 Å². The lowest BCUT2D eigenvalue weighted by Crippen LogP contribution is -1.96. The van der Waals surface area contributed by atoms with E-state index in [2.05, 4.69) is 4.98 Å². The van der Waals surface area contributed by atoms with Crippen molar-refractivity contribution in [2.24, 2.45) is 0 Å². The van der Waals surface area contributed by atoms with Crippen molar-refractivity contribution < 1.29 is 14.4 Å². The van der Waals surface area contributed by atoms with E-state index < -0.39 is 4.92 Å². The first-order valence-corrected chi connectivity index (χ1v) is 8.47. The summed E-state index contributed by atoms with van der Waals surface area (Å²) in [6, 6.07) is 10.4. The predicted octanol–water partition coefficient (Wildman–Crippen LogP) is 4.78. The standard InChI is InChI=1S/C18H16N2O4S/c1-3-24-15-6-4-5-12(18(15)23-2)7-10-17-19-14-9-8-13(20(21)22)11-16(14)25-17/h4-11H,3H2,1-2H3/b10-7+. The van der Waals surface area contributed by atoms with E-state index in [1.807, 2.05) is 37.3 Å². The number of thiazole rings is 1. The molecule has 6 nitrogen and oxygen atoms in total. The fraction of sp³-hybridized carbons (Fsp3) is 0.167. The van der Waals surface area contributed by atoms with Crippen LogP contribution in [0.5, 0.6) is 11.5 Å². The van der Waals surface area contributed by atoms with Crippen LogP contribution < -0.4 is 9.47 Å². The summed E-state index contributed by atoms with van der Waals surface area (Å²) in [4.78, 5) is 14.9. The highest BCUT2D eigenvalue weighted by atomic mass is 32.1. The summed E-state index contributed by atoms with van der Waals surface area (Å²) in [5.41, 5.74) is 1.68. The van der Waals surface area contributed by atoms with Crippen molar-refractivity contribution in [1.82, 2.24) is 4.98 Å². The van der Waals surface area contributed by atoms with Gasteiger partial charge in [0.05, 0.1) is 28.9 Å². The van der Waals surface area contributed by atoms with Crippen molar-refractivity contribution in [3.05, 3.63) is 57.1 Å². The monoisotopic (exact) mass is 356 g/mol. The number of ether oxygens (including phenoxy) is 2. The van der Waals surface area contributed by atoms with Crippen molar-refractivity contribution in [2.75, 3.05) is 13.7 Å². The van der Waals surface area contributed by atoms with Crippen LogP contribution in [0.1, 0.15) is 17.5 Å². The molecule has 0 saturated carbocycles. The number of hydrogen-bond donors (Lipinski definition) is 0. The minimum Gasteiger partial charge on any atom is -0.492 e. The Morgan fingerprint density at radius 2 is 2.12 bits per heavy atom. The van der Waals surface area contributed by atoms with E-state index in [0.29, 0.717) is 18.1 Å². The molecule has 25 heavy (non-hydrogen) atoms. The second kappa shape index (κ2) is 7.31. The Kier molecular flexibility index (Phi) is 4.95. The summed E-state index contributed by atoms with van der Waals surface area (Å²) in [5.74, 6) is 1.35. The fourth-order valence-electron chi connectivity index (χ4n) is 2.43. The Balaban J connectivity index is 1.93. The maximum absolute atomic E-state index is 10.9. The van der Waals surface area contributed by atoms with Gasteiger partial charge in [0, 0.05) is 17.7 Å². The van der Waals surface area contributed by atoms with E-state index in [0.717, 1.165) is 20.8 Å². The molecule has 0 spiro atoms. The van der Waals surface area contributed by atoms with Gasteiger partial charge in [-0.25, -0.2) is 4.98 Å². The van der Waals surface area contributed by atoms with Crippen LogP contribution in [0.25, 0.3) is 22.4 Å². The highest BCUT2D eigenvalue weighted by Gasteiger charge is 2.10. The van der Waals surface area contributed by atoms with Crippen LogP contribution in [0.4, 0.5) is 5.69 Å². The molecular formula is C18H16N2O4S. The lowest BCUT2D eigenvalue weighted by molar-refractivity contribution is -0.384. The molecule has 3 rings (SSSR count). The van der Waals surface area contributed by atoms with Crippen LogP contribution in [0.2, 0.25) is 0 Å². The van der Waals surface area contributed by atoms with Gasteiger partial charge in [0.2, 0.25) is 0 Å². The van der Waals surface area contributed by atoms with Gasteiger partial charge in [-0.15, -0.1) is 11.3 Å². The zero-order chi connectivity index (χ0) is 17.8. The molecule has 1 aromatic heterocycles. The Labute approximate surface area is 148 Å². The number of nitrogens with zero attached hydrogens (tertiary/aromatic N) is 2. The Hall–Kier alpha value is -2.93. The number of nitro benzene ring substituents is 1. The van der Waals surface area contributed by atoms with Gasteiger partial charge in [-0.3, -0.25) is 10.1 Å². The van der Waals surface area contributed by atoms with E-state index in [4.69, 9.17) is 9.47 Å². The average Bonchev–Trinajstić information content (AvgIpc) is 3.02. The van der Waals surface area contributed by atoms with E-state index in [-0.39, 0.29) is 5.69 Å². The number of non-ortho nitro benzene ring substituents is 1. The SMILES string of the molecule is CCOc1cccc(/C=C/c2nc3ccc([N+](=O)[O-])cc3s2)c1OC. The van der Waals surface area contributed by atoms with Gasteiger partial charge < -0.3 is 9.47 Å². The zero-order valence-electron chi connectivity index (χ0n) is 13.8. The maximum atomic E-state index is 10.9. The first-order chi connectivity index (χ1) is 12.1. The number of aromatic nitrogens is 1. The van der Waals surface area contributed by atoms with Gasteiger partial charge in [-0.1, -0.05) is 12.1 Å². The second-order valence-electron chi connectivity index (χ2n) is 5.11. The number of para-hydroxylation sites is 1. The average molecular weight is 356 g/mol. The summed E-state index contributed by atoms with van der Waals surface area (Å²) in [7, 11) is 1.60. The van der Waals surface area contributed by atoms with E-state index in [1.165, 1.54) is 17.4 Å². The highest BCUT2D eigenvalue weighted by molar-refractivity contribution is 7.19. The lowest BCUT2D eigenvalue weighted by Gasteiger charge is -2.11. The number of benzene rings is 2. The van der Waals surface area contributed by atoms with Gasteiger partial charge in [-0.2, -0.15) is 0 Å². The minimum atomic E-state index is -0.404. The summed E-state index contributed by atoms with van der Waals surface area (Å²) < 4.78 is 11.8. The normalized spacial score (nSPS) is 11.1. The Bertz CT molecular complexity index is 949. The third kappa shape index (κ3) is 3.61. The Morgan fingerprint density at radius 1 is 1.28 bits per heavy atom. The van der Waals surface area contributed by atoms with Crippen molar-refractivity contribution in [1.29, 1.82) is 0 Å². The first-order valence-electron chi connectivity index (χ1n) is 7.65. The number of rotatable bonds is 6. The van der Waals surface area contributed by atoms with Crippen LogP contribution in [-0.2, 0) is 0 Å². The molecule has 128 valence electrons. The van der Waals surface area contributed by atoms with Crippen molar-refractivity contribution >= 4 is 39.4 Å². The summed E-state index contributed by atoms with van der Waals surface area (Å²) in [5, 5.41) is 11.6. The van der Waals surface area contributed by atoms with E-state index >= 15 is 0 Å². The van der Waals surface area contributed by atoms with Gasteiger partial charge in [0.1, 0.15) is 5.01 Å². The summed E-state index contributed by atoms with van der Waals surface area (Å²) in [6.07, 6.45) is 3.76. The van der Waals surface area contributed by atoms with Crippen molar-refractivity contribution in [2.45, 2.75) is 6.92 Å². The number of fused-ring (bicyclic) bond motifs is 1. The quantitative estimate of drug-likeness (QED) is 0.469. The van der Waals surface area contributed by atoms with Gasteiger partial charge >= 0.3 is 0 Å². The molecule has 3 aromatic rings. The maximum Gasteiger partial charge on any atom is 0.270 e. The van der Waals surface area contributed by atoms with E-state index in [9.17, 15) is 10.1 Å². The summed E-state index contributed by atoms with van der Waals surface area (Å²) >= 11 is 1.40. The molecule has 1 heterocycles. The first kappa shape index (κ1) is 16.9. The lowest BCUT2D eigenvalue weighted by atomic mass is 10.1. The molecule has 0 atom stereocenters. The molecule has 7 heteroatoms.